The van der Waals surface area contributed by atoms with Crippen molar-refractivity contribution in [2.45, 2.75) is 18.9 Å². The molecule has 0 amide bonds. The lowest BCUT2D eigenvalue weighted by molar-refractivity contribution is 1.05. The molecule has 0 bridgehead atoms. The number of anilines is 1. The van der Waals surface area contributed by atoms with E-state index in [1.807, 2.05) is 12.1 Å². The Morgan fingerprint density at radius 3 is 2.10 bits per heavy atom. The van der Waals surface area contributed by atoms with Crippen LogP contribution in [0.3, 0.4) is 0 Å². The Kier molecular flexibility index (Phi) is 2.96. The lowest BCUT2D eigenvalue weighted by atomic mass is 10.0. The predicted octanol–water partition coefficient (Wildman–Crippen LogP) is 4.32. The van der Waals surface area contributed by atoms with E-state index in [1.54, 1.807) is 0 Å². The quantitative estimate of drug-likeness (QED) is 0.744. The Labute approximate surface area is 124 Å². The van der Waals surface area contributed by atoms with Crippen LogP contribution >= 0.6 is 0 Å². The van der Waals surface area contributed by atoms with E-state index in [0.717, 1.165) is 22.6 Å². The van der Waals surface area contributed by atoms with Crippen molar-refractivity contribution in [1.82, 2.24) is 10.2 Å². The number of benzene rings is 2. The molecule has 0 atom stereocenters. The molecular weight excluding hydrogens is 258 g/mol. The molecule has 0 radical (unpaired) electrons. The van der Waals surface area contributed by atoms with Gasteiger partial charge < -0.3 is 5.32 Å². The standard InChI is InChI=1S/C18H17N3/c1-3-7-13(8-4-1)16-17(14-9-5-2-6-10-14)20-21-18(16)19-15-11-12-15/h1-10,15H,11-12H2,(H2,19,20,21). The van der Waals surface area contributed by atoms with Gasteiger partial charge in [-0.1, -0.05) is 60.7 Å². The highest BCUT2D eigenvalue weighted by atomic mass is 15.2. The zero-order chi connectivity index (χ0) is 14.1. The lowest BCUT2D eigenvalue weighted by Crippen LogP contribution is -2.02. The van der Waals surface area contributed by atoms with E-state index in [2.05, 4.69) is 64.0 Å². The molecule has 4 rings (SSSR count). The molecule has 0 unspecified atom stereocenters. The average molecular weight is 275 g/mol. The van der Waals surface area contributed by atoms with Crippen molar-refractivity contribution in [1.29, 1.82) is 0 Å². The third-order valence-electron chi connectivity index (χ3n) is 3.81. The summed E-state index contributed by atoms with van der Waals surface area (Å²) in [5, 5.41) is 11.3. The summed E-state index contributed by atoms with van der Waals surface area (Å²) in [6, 6.07) is 21.4. The number of nitrogens with one attached hydrogen (secondary N) is 2. The van der Waals surface area contributed by atoms with Crippen LogP contribution in [0, 0.1) is 0 Å². The molecule has 1 aromatic heterocycles. The molecule has 1 aliphatic carbocycles. The molecule has 3 nitrogen and oxygen atoms in total. The van der Waals surface area contributed by atoms with Gasteiger partial charge in [-0.25, -0.2) is 0 Å². The zero-order valence-electron chi connectivity index (χ0n) is 11.7. The number of H-pyrrole nitrogens is 1. The molecule has 1 fully saturated rings. The predicted molar refractivity (Wildman–Crippen MR) is 86.1 cm³/mol. The van der Waals surface area contributed by atoms with Crippen LogP contribution in [0.4, 0.5) is 5.82 Å². The fourth-order valence-electron chi connectivity index (χ4n) is 2.57. The van der Waals surface area contributed by atoms with E-state index in [0.29, 0.717) is 6.04 Å². The second kappa shape index (κ2) is 5.09. The first-order valence-electron chi connectivity index (χ1n) is 7.37. The number of rotatable bonds is 4. The molecule has 1 heterocycles. The highest BCUT2D eigenvalue weighted by Gasteiger charge is 2.25. The number of aromatic amines is 1. The van der Waals surface area contributed by atoms with Crippen molar-refractivity contribution in [2.75, 3.05) is 5.32 Å². The number of hydrogen-bond donors (Lipinski definition) is 2. The minimum atomic E-state index is 0.583. The lowest BCUT2D eigenvalue weighted by Gasteiger charge is -2.07. The van der Waals surface area contributed by atoms with Gasteiger partial charge in [0.2, 0.25) is 0 Å². The van der Waals surface area contributed by atoms with Crippen molar-refractivity contribution in [3.05, 3.63) is 60.7 Å². The second-order valence-corrected chi connectivity index (χ2v) is 5.47. The molecule has 2 N–H and O–H groups in total. The van der Waals surface area contributed by atoms with Crippen molar-refractivity contribution in [2.24, 2.45) is 0 Å². The van der Waals surface area contributed by atoms with Crippen LogP contribution in [-0.4, -0.2) is 16.2 Å². The molecule has 21 heavy (non-hydrogen) atoms. The third-order valence-corrected chi connectivity index (χ3v) is 3.81. The van der Waals surface area contributed by atoms with Gasteiger partial charge in [-0.15, -0.1) is 0 Å². The summed E-state index contributed by atoms with van der Waals surface area (Å²) in [5.74, 6) is 0.961. The monoisotopic (exact) mass is 275 g/mol. The van der Waals surface area contributed by atoms with Gasteiger partial charge in [-0.3, -0.25) is 5.10 Å². The summed E-state index contributed by atoms with van der Waals surface area (Å²) in [5.41, 5.74) is 4.58. The van der Waals surface area contributed by atoms with E-state index in [1.165, 1.54) is 18.4 Å². The topological polar surface area (TPSA) is 40.7 Å². The molecule has 0 spiro atoms. The van der Waals surface area contributed by atoms with Gasteiger partial charge in [0.15, 0.2) is 5.82 Å². The zero-order valence-corrected chi connectivity index (χ0v) is 11.7. The molecule has 104 valence electrons. The molecule has 0 saturated heterocycles. The fraction of sp³-hybridized carbons (Fsp3) is 0.167. The molecule has 3 aromatic rings. The van der Waals surface area contributed by atoms with Crippen molar-refractivity contribution in [3.63, 3.8) is 0 Å². The fourth-order valence-corrected chi connectivity index (χ4v) is 2.57. The van der Waals surface area contributed by atoms with Gasteiger partial charge in [0, 0.05) is 11.6 Å². The molecule has 1 saturated carbocycles. The molecule has 0 aliphatic heterocycles. The van der Waals surface area contributed by atoms with Crippen LogP contribution in [0.25, 0.3) is 22.4 Å². The number of hydrogen-bond acceptors (Lipinski definition) is 2. The SMILES string of the molecule is c1ccc(-c2[nH]nc(NC3CC3)c2-c2ccccc2)cc1. The Hall–Kier alpha value is -2.55. The first-order chi connectivity index (χ1) is 10.4. The summed E-state index contributed by atoms with van der Waals surface area (Å²) < 4.78 is 0. The Morgan fingerprint density at radius 2 is 1.48 bits per heavy atom. The normalized spacial score (nSPS) is 14.1. The van der Waals surface area contributed by atoms with Crippen LogP contribution in [-0.2, 0) is 0 Å². The summed E-state index contributed by atoms with van der Waals surface area (Å²) in [6.45, 7) is 0. The number of aromatic nitrogens is 2. The minimum absolute atomic E-state index is 0.583. The summed E-state index contributed by atoms with van der Waals surface area (Å²) >= 11 is 0. The maximum absolute atomic E-state index is 4.51. The maximum Gasteiger partial charge on any atom is 0.156 e. The molecule has 2 aromatic carbocycles. The summed E-state index contributed by atoms with van der Waals surface area (Å²) in [7, 11) is 0. The van der Waals surface area contributed by atoms with E-state index in [9.17, 15) is 0 Å². The molecule has 3 heteroatoms. The van der Waals surface area contributed by atoms with Gasteiger partial charge in [0.1, 0.15) is 0 Å². The van der Waals surface area contributed by atoms with Crippen molar-refractivity contribution >= 4 is 5.82 Å². The highest BCUT2D eigenvalue weighted by Crippen LogP contribution is 2.37. The van der Waals surface area contributed by atoms with Crippen molar-refractivity contribution in [3.8, 4) is 22.4 Å². The average Bonchev–Trinajstić information content (AvgIpc) is 3.26. The van der Waals surface area contributed by atoms with Gasteiger partial charge >= 0.3 is 0 Å². The first kappa shape index (κ1) is 12.2. The van der Waals surface area contributed by atoms with Crippen molar-refractivity contribution < 1.29 is 0 Å². The Balaban J connectivity index is 1.85. The molecule has 1 aliphatic rings. The highest BCUT2D eigenvalue weighted by molar-refractivity contribution is 5.88. The summed E-state index contributed by atoms with van der Waals surface area (Å²) in [4.78, 5) is 0. The maximum atomic E-state index is 4.51. The van der Waals surface area contributed by atoms with Crippen LogP contribution in [0.1, 0.15) is 12.8 Å². The first-order valence-corrected chi connectivity index (χ1v) is 7.37. The third kappa shape index (κ3) is 2.42. The van der Waals surface area contributed by atoms with Crippen LogP contribution in [0.5, 0.6) is 0 Å². The number of nitrogens with zero attached hydrogens (tertiary/aromatic N) is 1. The Morgan fingerprint density at radius 1 is 0.857 bits per heavy atom. The second-order valence-electron chi connectivity index (χ2n) is 5.47. The van der Waals surface area contributed by atoms with Crippen LogP contribution in [0.15, 0.2) is 60.7 Å². The smallest absolute Gasteiger partial charge is 0.156 e. The Bertz CT molecular complexity index is 728. The van der Waals surface area contributed by atoms with E-state index < -0.39 is 0 Å². The van der Waals surface area contributed by atoms with Crippen LogP contribution < -0.4 is 5.32 Å². The van der Waals surface area contributed by atoms with Gasteiger partial charge in [-0.2, -0.15) is 5.10 Å². The van der Waals surface area contributed by atoms with E-state index in [4.69, 9.17) is 0 Å². The van der Waals surface area contributed by atoms with E-state index in [-0.39, 0.29) is 0 Å². The van der Waals surface area contributed by atoms with E-state index >= 15 is 0 Å². The van der Waals surface area contributed by atoms with Gasteiger partial charge in [-0.05, 0) is 18.4 Å². The van der Waals surface area contributed by atoms with Gasteiger partial charge in [0.05, 0.1) is 11.3 Å². The summed E-state index contributed by atoms with van der Waals surface area (Å²) in [6.07, 6.45) is 2.48. The van der Waals surface area contributed by atoms with Gasteiger partial charge in [0.25, 0.3) is 0 Å². The largest absolute Gasteiger partial charge is 0.365 e. The minimum Gasteiger partial charge on any atom is -0.365 e. The molecular formula is C18H17N3. The van der Waals surface area contributed by atoms with Crippen LogP contribution in [0.2, 0.25) is 0 Å².